The zero-order chi connectivity index (χ0) is 14.3. The van der Waals surface area contributed by atoms with Gasteiger partial charge < -0.3 is 21.0 Å². The number of oxime groups is 1. The predicted molar refractivity (Wildman–Crippen MR) is 80.6 cm³/mol. The van der Waals surface area contributed by atoms with Crippen LogP contribution in [0.5, 0.6) is 0 Å². The Hall–Kier alpha value is -1.27. The van der Waals surface area contributed by atoms with E-state index in [1.807, 2.05) is 18.2 Å². The molecule has 0 aromatic heterocycles. The van der Waals surface area contributed by atoms with Crippen molar-refractivity contribution in [3.05, 3.63) is 28.2 Å². The Balaban J connectivity index is 2.87. The van der Waals surface area contributed by atoms with Crippen molar-refractivity contribution in [1.82, 2.24) is 0 Å². The number of ether oxygens (including phenoxy) is 1. The maximum absolute atomic E-state index is 8.64. The zero-order valence-corrected chi connectivity index (χ0v) is 12.8. The fraction of sp³-hybridized carbons (Fsp3) is 0.462. The first-order valence-electron chi connectivity index (χ1n) is 6.11. The number of rotatable bonds is 7. The van der Waals surface area contributed by atoms with Gasteiger partial charge in [-0.2, -0.15) is 0 Å². The highest BCUT2D eigenvalue weighted by molar-refractivity contribution is 9.10. The lowest BCUT2D eigenvalue weighted by molar-refractivity contribution is 0.185. The Kier molecular flexibility index (Phi) is 6.66. The second kappa shape index (κ2) is 8.01. The van der Waals surface area contributed by atoms with E-state index >= 15 is 0 Å². The summed E-state index contributed by atoms with van der Waals surface area (Å²) in [5, 5.41) is 15.1. The number of nitrogens with one attached hydrogen (secondary N) is 1. The van der Waals surface area contributed by atoms with Crippen LogP contribution in [0.4, 0.5) is 5.69 Å². The van der Waals surface area contributed by atoms with Crippen LogP contribution in [0.2, 0.25) is 0 Å². The molecule has 0 saturated carbocycles. The van der Waals surface area contributed by atoms with Gasteiger partial charge in [0.05, 0.1) is 6.61 Å². The number of amidine groups is 1. The SMILES string of the molecule is CCC(CC(N)=NO)Nc1cccc(Br)c1COC. The first kappa shape index (κ1) is 15.8. The molecular weight excluding hydrogens is 310 g/mol. The third-order valence-electron chi connectivity index (χ3n) is 2.84. The highest BCUT2D eigenvalue weighted by atomic mass is 79.9. The van der Waals surface area contributed by atoms with Crippen LogP contribution in [0.25, 0.3) is 0 Å². The van der Waals surface area contributed by atoms with Crippen LogP contribution >= 0.6 is 15.9 Å². The maximum atomic E-state index is 8.64. The van der Waals surface area contributed by atoms with Gasteiger partial charge in [-0.05, 0) is 18.6 Å². The monoisotopic (exact) mass is 329 g/mol. The van der Waals surface area contributed by atoms with Crippen molar-refractivity contribution in [3.63, 3.8) is 0 Å². The van der Waals surface area contributed by atoms with Crippen molar-refractivity contribution in [2.24, 2.45) is 10.9 Å². The van der Waals surface area contributed by atoms with Crippen LogP contribution < -0.4 is 11.1 Å². The van der Waals surface area contributed by atoms with E-state index < -0.39 is 0 Å². The molecule has 1 aromatic rings. The highest BCUT2D eigenvalue weighted by Crippen LogP contribution is 2.26. The van der Waals surface area contributed by atoms with E-state index in [-0.39, 0.29) is 11.9 Å². The molecule has 1 rings (SSSR count). The lowest BCUT2D eigenvalue weighted by Gasteiger charge is -2.20. The van der Waals surface area contributed by atoms with Gasteiger partial charge in [0.25, 0.3) is 0 Å². The topological polar surface area (TPSA) is 79.9 Å². The lowest BCUT2D eigenvalue weighted by Crippen LogP contribution is -2.27. The second-order valence-corrected chi connectivity index (χ2v) is 5.10. The number of hydrogen-bond acceptors (Lipinski definition) is 4. The molecule has 1 unspecified atom stereocenters. The molecule has 0 aliphatic rings. The molecule has 5 nitrogen and oxygen atoms in total. The second-order valence-electron chi connectivity index (χ2n) is 4.24. The normalized spacial score (nSPS) is 13.3. The number of halogens is 1. The van der Waals surface area contributed by atoms with Gasteiger partial charge in [-0.1, -0.05) is 34.1 Å². The van der Waals surface area contributed by atoms with Crippen molar-refractivity contribution < 1.29 is 9.94 Å². The third-order valence-corrected chi connectivity index (χ3v) is 3.59. The molecule has 0 heterocycles. The van der Waals surface area contributed by atoms with Gasteiger partial charge in [0, 0.05) is 35.3 Å². The average molecular weight is 330 g/mol. The van der Waals surface area contributed by atoms with E-state index in [0.717, 1.165) is 22.1 Å². The minimum atomic E-state index is 0.112. The van der Waals surface area contributed by atoms with Crippen molar-refractivity contribution >= 4 is 27.5 Å². The largest absolute Gasteiger partial charge is 0.409 e. The van der Waals surface area contributed by atoms with Crippen LogP contribution in [0, 0.1) is 0 Å². The Morgan fingerprint density at radius 1 is 1.58 bits per heavy atom. The smallest absolute Gasteiger partial charge is 0.141 e. The van der Waals surface area contributed by atoms with E-state index in [0.29, 0.717) is 13.0 Å². The summed E-state index contributed by atoms with van der Waals surface area (Å²) >= 11 is 3.52. The summed E-state index contributed by atoms with van der Waals surface area (Å²) in [5.74, 6) is 0.225. The van der Waals surface area contributed by atoms with Crippen LogP contribution in [0.15, 0.2) is 27.8 Å². The van der Waals surface area contributed by atoms with E-state index in [2.05, 4.69) is 33.3 Å². The highest BCUT2D eigenvalue weighted by Gasteiger charge is 2.12. The van der Waals surface area contributed by atoms with Gasteiger partial charge in [0.15, 0.2) is 0 Å². The fourth-order valence-corrected chi connectivity index (χ4v) is 2.28. The molecule has 0 saturated heterocycles. The quantitative estimate of drug-likeness (QED) is 0.311. The maximum Gasteiger partial charge on any atom is 0.141 e. The minimum absolute atomic E-state index is 0.112. The molecule has 4 N–H and O–H groups in total. The van der Waals surface area contributed by atoms with E-state index in [4.69, 9.17) is 15.7 Å². The minimum Gasteiger partial charge on any atom is -0.409 e. The summed E-state index contributed by atoms with van der Waals surface area (Å²) in [6.45, 7) is 2.57. The summed E-state index contributed by atoms with van der Waals surface area (Å²) < 4.78 is 6.21. The Morgan fingerprint density at radius 3 is 2.89 bits per heavy atom. The molecule has 0 aliphatic heterocycles. The average Bonchev–Trinajstić information content (AvgIpc) is 2.41. The van der Waals surface area contributed by atoms with Crippen molar-refractivity contribution in [3.8, 4) is 0 Å². The van der Waals surface area contributed by atoms with Gasteiger partial charge >= 0.3 is 0 Å². The van der Waals surface area contributed by atoms with E-state index in [1.165, 1.54) is 0 Å². The summed E-state index contributed by atoms with van der Waals surface area (Å²) in [7, 11) is 1.66. The molecule has 1 aromatic carbocycles. The summed E-state index contributed by atoms with van der Waals surface area (Å²) in [5.41, 5.74) is 7.61. The van der Waals surface area contributed by atoms with Crippen LogP contribution in [-0.4, -0.2) is 24.2 Å². The van der Waals surface area contributed by atoms with Gasteiger partial charge in [0.1, 0.15) is 5.84 Å². The molecule has 0 spiro atoms. The number of benzene rings is 1. The molecule has 19 heavy (non-hydrogen) atoms. The summed E-state index contributed by atoms with van der Waals surface area (Å²) in [6.07, 6.45) is 1.36. The summed E-state index contributed by atoms with van der Waals surface area (Å²) in [6, 6.07) is 6.04. The Bertz CT molecular complexity index is 438. The Labute approximate surface area is 122 Å². The number of methoxy groups -OCH3 is 1. The molecule has 0 amide bonds. The van der Waals surface area contributed by atoms with Crippen LogP contribution in [-0.2, 0) is 11.3 Å². The molecule has 106 valence electrons. The molecule has 6 heteroatoms. The fourth-order valence-electron chi connectivity index (χ4n) is 1.80. The molecular formula is C13H20BrN3O2. The standard InChI is InChI=1S/C13H20BrN3O2/c1-3-9(7-13(15)17-18)16-12-6-4-5-11(14)10(12)8-19-2/h4-6,9,16,18H,3,7-8H2,1-2H3,(H2,15,17). The van der Waals surface area contributed by atoms with Gasteiger partial charge in [-0.3, -0.25) is 0 Å². The molecule has 0 aliphatic carbocycles. The predicted octanol–water partition coefficient (Wildman–Crippen LogP) is 2.92. The van der Waals surface area contributed by atoms with Crippen LogP contribution in [0.3, 0.4) is 0 Å². The van der Waals surface area contributed by atoms with Gasteiger partial charge in [-0.15, -0.1) is 0 Å². The van der Waals surface area contributed by atoms with Crippen molar-refractivity contribution in [2.75, 3.05) is 12.4 Å². The third kappa shape index (κ3) is 4.72. The number of anilines is 1. The Morgan fingerprint density at radius 2 is 2.32 bits per heavy atom. The van der Waals surface area contributed by atoms with Crippen LogP contribution in [0.1, 0.15) is 25.3 Å². The first-order valence-corrected chi connectivity index (χ1v) is 6.90. The van der Waals surface area contributed by atoms with Crippen molar-refractivity contribution in [2.45, 2.75) is 32.4 Å². The van der Waals surface area contributed by atoms with E-state index in [1.54, 1.807) is 7.11 Å². The molecule has 0 bridgehead atoms. The summed E-state index contributed by atoms with van der Waals surface area (Å²) in [4.78, 5) is 0. The number of nitrogens with zero attached hydrogens (tertiary/aromatic N) is 1. The zero-order valence-electron chi connectivity index (χ0n) is 11.2. The molecule has 0 fully saturated rings. The van der Waals surface area contributed by atoms with Gasteiger partial charge in [-0.25, -0.2) is 0 Å². The number of nitrogens with two attached hydrogens (primary N) is 1. The molecule has 1 atom stereocenters. The number of hydrogen-bond donors (Lipinski definition) is 3. The first-order chi connectivity index (χ1) is 9.12. The lowest BCUT2D eigenvalue weighted by atomic mass is 10.1. The van der Waals surface area contributed by atoms with Crippen molar-refractivity contribution in [1.29, 1.82) is 0 Å². The molecule has 0 radical (unpaired) electrons. The van der Waals surface area contributed by atoms with Gasteiger partial charge in [0.2, 0.25) is 0 Å². The van der Waals surface area contributed by atoms with E-state index in [9.17, 15) is 0 Å².